The summed E-state index contributed by atoms with van der Waals surface area (Å²) < 4.78 is 0. The predicted octanol–water partition coefficient (Wildman–Crippen LogP) is 0.261. The SMILES string of the molecule is CCC(CC)N1C(=O)CC(N)C1=O. The van der Waals surface area contributed by atoms with Crippen LogP contribution >= 0.6 is 0 Å². The summed E-state index contributed by atoms with van der Waals surface area (Å²) in [4.78, 5) is 24.2. The number of carbonyl (C=O) groups excluding carboxylic acids is 2. The minimum absolute atomic E-state index is 0.0357. The number of nitrogens with zero attached hydrogens (tertiary/aromatic N) is 1. The summed E-state index contributed by atoms with van der Waals surface area (Å²) in [5.74, 6) is -0.329. The Kier molecular flexibility index (Phi) is 3.03. The zero-order valence-corrected chi connectivity index (χ0v) is 8.12. The van der Waals surface area contributed by atoms with Gasteiger partial charge in [-0.2, -0.15) is 0 Å². The molecule has 0 saturated carbocycles. The number of hydrogen-bond acceptors (Lipinski definition) is 3. The minimum Gasteiger partial charge on any atom is -0.319 e. The lowest BCUT2D eigenvalue weighted by atomic mass is 10.1. The fraction of sp³-hybridized carbons (Fsp3) is 0.778. The maximum Gasteiger partial charge on any atom is 0.246 e. The number of likely N-dealkylation sites (tertiary alicyclic amines) is 1. The van der Waals surface area contributed by atoms with Crippen molar-refractivity contribution in [1.29, 1.82) is 0 Å². The molecule has 0 aromatic rings. The molecule has 1 aliphatic rings. The Balaban J connectivity index is 2.78. The minimum atomic E-state index is -0.604. The molecule has 1 heterocycles. The second-order valence-corrected chi connectivity index (χ2v) is 3.38. The maximum atomic E-state index is 11.5. The van der Waals surface area contributed by atoms with E-state index in [0.717, 1.165) is 12.8 Å². The summed E-state index contributed by atoms with van der Waals surface area (Å²) in [7, 11) is 0. The topological polar surface area (TPSA) is 63.4 Å². The van der Waals surface area contributed by atoms with Gasteiger partial charge in [0.15, 0.2) is 0 Å². The summed E-state index contributed by atoms with van der Waals surface area (Å²) in [6, 6.07) is -0.568. The van der Waals surface area contributed by atoms with Crippen LogP contribution in [0, 0.1) is 0 Å². The molecule has 1 fully saturated rings. The monoisotopic (exact) mass is 184 g/mol. The van der Waals surface area contributed by atoms with Crippen LogP contribution in [0.3, 0.4) is 0 Å². The van der Waals surface area contributed by atoms with E-state index in [1.807, 2.05) is 13.8 Å². The molecule has 1 rings (SSSR count). The van der Waals surface area contributed by atoms with Crippen LogP contribution in [0.4, 0.5) is 0 Å². The summed E-state index contributed by atoms with van der Waals surface area (Å²) in [6.45, 7) is 3.94. The third-order valence-electron chi connectivity index (χ3n) is 2.53. The third-order valence-corrected chi connectivity index (χ3v) is 2.53. The highest BCUT2D eigenvalue weighted by molar-refractivity contribution is 6.05. The van der Waals surface area contributed by atoms with Gasteiger partial charge in [0.2, 0.25) is 11.8 Å². The van der Waals surface area contributed by atoms with Gasteiger partial charge in [0.25, 0.3) is 0 Å². The van der Waals surface area contributed by atoms with Crippen LogP contribution in [0.1, 0.15) is 33.1 Å². The van der Waals surface area contributed by atoms with Crippen molar-refractivity contribution in [2.75, 3.05) is 0 Å². The first-order valence-corrected chi connectivity index (χ1v) is 4.73. The Morgan fingerprint density at radius 3 is 2.31 bits per heavy atom. The largest absolute Gasteiger partial charge is 0.319 e. The molecule has 4 nitrogen and oxygen atoms in total. The average molecular weight is 184 g/mol. The Morgan fingerprint density at radius 1 is 1.46 bits per heavy atom. The Hall–Kier alpha value is -0.900. The van der Waals surface area contributed by atoms with Gasteiger partial charge in [-0.15, -0.1) is 0 Å². The first-order chi connectivity index (χ1) is 6.11. The summed E-state index contributed by atoms with van der Waals surface area (Å²) in [6.07, 6.45) is 1.79. The summed E-state index contributed by atoms with van der Waals surface area (Å²) >= 11 is 0. The lowest BCUT2D eigenvalue weighted by Crippen LogP contribution is -2.42. The Morgan fingerprint density at radius 2 is 2.00 bits per heavy atom. The second kappa shape index (κ2) is 3.87. The van der Waals surface area contributed by atoms with Gasteiger partial charge in [0, 0.05) is 6.04 Å². The standard InChI is InChI=1S/C9H16N2O2/c1-3-6(4-2)11-8(12)5-7(10)9(11)13/h6-7H,3-5,10H2,1-2H3. The maximum absolute atomic E-state index is 11.5. The molecule has 0 spiro atoms. The van der Waals surface area contributed by atoms with Gasteiger partial charge >= 0.3 is 0 Å². The molecule has 0 radical (unpaired) electrons. The van der Waals surface area contributed by atoms with Crippen LogP contribution in [0.5, 0.6) is 0 Å². The van der Waals surface area contributed by atoms with Gasteiger partial charge in [0.1, 0.15) is 0 Å². The number of carbonyl (C=O) groups is 2. The van der Waals surface area contributed by atoms with Crippen LogP contribution in [-0.4, -0.2) is 28.8 Å². The highest BCUT2D eigenvalue weighted by Crippen LogP contribution is 2.18. The molecule has 1 atom stereocenters. The summed E-state index contributed by atoms with van der Waals surface area (Å²) in [5, 5.41) is 0. The lowest BCUT2D eigenvalue weighted by Gasteiger charge is -2.23. The van der Waals surface area contributed by atoms with Gasteiger partial charge in [-0.3, -0.25) is 14.5 Å². The van der Waals surface area contributed by atoms with Gasteiger partial charge in [0.05, 0.1) is 12.5 Å². The molecular weight excluding hydrogens is 168 g/mol. The normalized spacial score (nSPS) is 23.4. The van der Waals surface area contributed by atoms with Crippen LogP contribution in [-0.2, 0) is 9.59 Å². The Labute approximate surface area is 78.1 Å². The van der Waals surface area contributed by atoms with Crippen molar-refractivity contribution in [2.45, 2.75) is 45.2 Å². The quantitative estimate of drug-likeness (QED) is 0.640. The zero-order chi connectivity index (χ0) is 10.0. The lowest BCUT2D eigenvalue weighted by molar-refractivity contribution is -0.141. The molecule has 0 aromatic carbocycles. The molecule has 1 unspecified atom stereocenters. The van der Waals surface area contributed by atoms with E-state index in [1.54, 1.807) is 0 Å². The predicted molar refractivity (Wildman–Crippen MR) is 48.8 cm³/mol. The fourth-order valence-electron chi connectivity index (χ4n) is 1.71. The molecule has 4 heteroatoms. The first kappa shape index (κ1) is 10.2. The number of nitrogens with two attached hydrogens (primary N) is 1. The van der Waals surface area contributed by atoms with Crippen molar-refractivity contribution in [2.24, 2.45) is 5.73 Å². The molecule has 1 aliphatic heterocycles. The van der Waals surface area contributed by atoms with Crippen molar-refractivity contribution >= 4 is 11.8 Å². The van der Waals surface area contributed by atoms with Crippen molar-refractivity contribution in [3.63, 3.8) is 0 Å². The Bertz CT molecular complexity index is 224. The van der Waals surface area contributed by atoms with Gasteiger partial charge in [-0.1, -0.05) is 13.8 Å². The smallest absolute Gasteiger partial charge is 0.246 e. The van der Waals surface area contributed by atoms with Crippen molar-refractivity contribution in [3.05, 3.63) is 0 Å². The first-order valence-electron chi connectivity index (χ1n) is 4.73. The highest BCUT2D eigenvalue weighted by atomic mass is 16.2. The molecule has 0 aromatic heterocycles. The number of imide groups is 1. The number of rotatable bonds is 3. The van der Waals surface area contributed by atoms with Gasteiger partial charge < -0.3 is 5.73 Å². The van der Waals surface area contributed by atoms with E-state index >= 15 is 0 Å². The van der Waals surface area contributed by atoms with E-state index in [1.165, 1.54) is 4.90 Å². The molecule has 0 bridgehead atoms. The van der Waals surface area contributed by atoms with Crippen LogP contribution < -0.4 is 5.73 Å². The molecule has 1 saturated heterocycles. The van der Waals surface area contributed by atoms with E-state index in [-0.39, 0.29) is 24.3 Å². The van der Waals surface area contributed by atoms with Gasteiger partial charge in [-0.05, 0) is 12.8 Å². The van der Waals surface area contributed by atoms with E-state index in [9.17, 15) is 9.59 Å². The van der Waals surface area contributed by atoms with Crippen LogP contribution in [0.15, 0.2) is 0 Å². The number of amides is 2. The number of hydrogen-bond donors (Lipinski definition) is 1. The van der Waals surface area contributed by atoms with Crippen molar-refractivity contribution in [3.8, 4) is 0 Å². The van der Waals surface area contributed by atoms with Gasteiger partial charge in [-0.25, -0.2) is 0 Å². The average Bonchev–Trinajstić information content (AvgIpc) is 2.34. The van der Waals surface area contributed by atoms with Crippen LogP contribution in [0.2, 0.25) is 0 Å². The second-order valence-electron chi connectivity index (χ2n) is 3.38. The van der Waals surface area contributed by atoms with E-state index in [2.05, 4.69) is 0 Å². The summed E-state index contributed by atoms with van der Waals surface area (Å²) in [5.41, 5.74) is 5.49. The van der Waals surface area contributed by atoms with Crippen molar-refractivity contribution in [1.82, 2.24) is 4.90 Å². The molecule has 2 N–H and O–H groups in total. The molecule has 13 heavy (non-hydrogen) atoms. The fourth-order valence-corrected chi connectivity index (χ4v) is 1.71. The molecule has 74 valence electrons. The van der Waals surface area contributed by atoms with E-state index in [0.29, 0.717) is 0 Å². The highest BCUT2D eigenvalue weighted by Gasteiger charge is 2.39. The zero-order valence-electron chi connectivity index (χ0n) is 8.12. The third kappa shape index (κ3) is 1.72. The van der Waals surface area contributed by atoms with E-state index < -0.39 is 6.04 Å². The molecule has 0 aliphatic carbocycles. The van der Waals surface area contributed by atoms with E-state index in [4.69, 9.17) is 5.73 Å². The van der Waals surface area contributed by atoms with Crippen molar-refractivity contribution < 1.29 is 9.59 Å². The molecule has 2 amide bonds. The van der Waals surface area contributed by atoms with Crippen LogP contribution in [0.25, 0.3) is 0 Å². The molecular formula is C9H16N2O2.